The van der Waals surface area contributed by atoms with E-state index < -0.39 is 27.7 Å². The van der Waals surface area contributed by atoms with Crippen LogP contribution in [0.25, 0.3) is 0 Å². The SMILES string of the molecule is Cc1ccc(N(c2ccc(C)cc2)c2cc3c4c5c2Oc2cc(C)cc6c2P5c2c(c(I(c5ccc(C)cc5)c5ccc(C)cc5)cc5c2N4c2c(cc(C)cc2C5(C)C)C3(C)C)O6)cc1. The standard InChI is InChI=1S/C60H52IN2O2P/c1-33-11-19-39(20-12-33)61(40-21-13-34(2)14-22-40)47-31-45-52-57-54(47)64-49-29-38(6)30-50-56(49)66(57)58-53-46(60(9,10)44-28-37(5)27-43(59(45,7)8)51(44)63(52)53)32-48(55(58)65-50)62(41-23-15-35(3)16-24-41)42-25-17-36(4)18-26-42/h11-32H,1-10H3. The molecule has 66 heavy (non-hydrogen) atoms. The van der Waals surface area contributed by atoms with Crippen LogP contribution in [0.1, 0.15) is 83.3 Å². The van der Waals surface area contributed by atoms with E-state index in [0.29, 0.717) is 0 Å². The van der Waals surface area contributed by atoms with Crippen LogP contribution >= 0.6 is 27.7 Å². The molecule has 8 aromatic rings. The molecular weight excluding hydrogens is 939 g/mol. The van der Waals surface area contributed by atoms with Crippen molar-refractivity contribution >= 4 is 77.8 Å². The van der Waals surface area contributed by atoms with Crippen molar-refractivity contribution < 1.29 is 9.47 Å². The number of benzene rings is 8. The molecule has 0 radical (unpaired) electrons. The summed E-state index contributed by atoms with van der Waals surface area (Å²) in [5.74, 6) is 3.85. The Kier molecular flexibility index (Phi) is 8.47. The maximum absolute atomic E-state index is 7.64. The van der Waals surface area contributed by atoms with Crippen LogP contribution in [0.4, 0.5) is 34.1 Å². The molecular formula is C60H52IN2O2P. The topological polar surface area (TPSA) is 24.9 Å². The molecule has 0 amide bonds. The molecule has 0 aromatic heterocycles. The van der Waals surface area contributed by atoms with Crippen molar-refractivity contribution in [3.05, 3.63) is 200 Å². The third-order valence-corrected chi connectivity index (χ3v) is 23.3. The number of hydrogen-bond acceptors (Lipinski definition) is 4. The van der Waals surface area contributed by atoms with Gasteiger partial charge in [0, 0.05) is 0 Å². The Bertz CT molecular complexity index is 3120. The zero-order chi connectivity index (χ0) is 45.3. The molecule has 0 saturated heterocycles. The van der Waals surface area contributed by atoms with Gasteiger partial charge in [-0.05, 0) is 13.8 Å². The van der Waals surface area contributed by atoms with Crippen LogP contribution in [-0.2, 0) is 10.8 Å². The molecule has 0 N–H and O–H groups in total. The predicted molar refractivity (Wildman–Crippen MR) is 284 cm³/mol. The van der Waals surface area contributed by atoms with E-state index in [0.717, 1.165) is 45.6 Å². The third kappa shape index (κ3) is 5.47. The molecule has 4 nitrogen and oxygen atoms in total. The summed E-state index contributed by atoms with van der Waals surface area (Å²) in [5.41, 5.74) is 19.5. The summed E-state index contributed by atoms with van der Waals surface area (Å²) in [6.45, 7) is 23.1. The molecule has 0 spiro atoms. The minimum absolute atomic E-state index is 0.298. The second kappa shape index (κ2) is 13.8. The summed E-state index contributed by atoms with van der Waals surface area (Å²) in [6.07, 6.45) is 0. The molecule has 13 rings (SSSR count). The van der Waals surface area contributed by atoms with Gasteiger partial charge in [0.05, 0.1) is 0 Å². The van der Waals surface area contributed by atoms with Gasteiger partial charge in [0.15, 0.2) is 0 Å². The molecule has 5 aliphatic rings. The molecule has 1 atom stereocenters. The van der Waals surface area contributed by atoms with Crippen LogP contribution in [0.15, 0.2) is 133 Å². The Morgan fingerprint density at radius 2 is 0.848 bits per heavy atom. The van der Waals surface area contributed by atoms with Crippen molar-refractivity contribution in [2.45, 2.75) is 80.1 Å². The molecule has 6 heteroatoms. The average Bonchev–Trinajstić information content (AvgIpc) is 3.29. The van der Waals surface area contributed by atoms with Crippen LogP contribution in [0, 0.1) is 52.3 Å². The first-order valence-electron chi connectivity index (χ1n) is 23.1. The molecule has 1 unspecified atom stereocenters. The first kappa shape index (κ1) is 40.4. The first-order valence-corrected chi connectivity index (χ1v) is 27.7. The second-order valence-corrected chi connectivity index (χ2v) is 27.5. The van der Waals surface area contributed by atoms with E-state index in [-0.39, 0.29) is 10.8 Å². The van der Waals surface area contributed by atoms with Crippen LogP contribution in [0.2, 0.25) is 0 Å². The van der Waals surface area contributed by atoms with E-state index in [1.807, 2.05) is 0 Å². The molecule has 0 bridgehead atoms. The van der Waals surface area contributed by atoms with Crippen LogP contribution < -0.4 is 35.2 Å². The van der Waals surface area contributed by atoms with E-state index in [1.54, 1.807) is 0 Å². The first-order chi connectivity index (χ1) is 31.7. The van der Waals surface area contributed by atoms with Gasteiger partial charge >= 0.3 is 386 Å². The zero-order valence-corrected chi connectivity index (χ0v) is 42.3. The van der Waals surface area contributed by atoms with Crippen molar-refractivity contribution in [3.8, 4) is 23.0 Å². The van der Waals surface area contributed by atoms with E-state index in [4.69, 9.17) is 9.47 Å². The summed E-state index contributed by atoms with van der Waals surface area (Å²) in [6, 6.07) is 51.4. The number of ether oxygens (including phenoxy) is 2. The average molecular weight is 991 g/mol. The molecule has 5 aliphatic heterocycles. The number of rotatable bonds is 6. The summed E-state index contributed by atoms with van der Waals surface area (Å²) in [4.78, 5) is 5.15. The normalized spacial score (nSPS) is 16.6. The minimum atomic E-state index is -2.43. The Labute approximate surface area is 397 Å². The Morgan fingerprint density at radius 1 is 0.439 bits per heavy atom. The molecule has 8 aromatic carbocycles. The van der Waals surface area contributed by atoms with Crippen LogP contribution in [-0.4, -0.2) is 0 Å². The number of aryl methyl sites for hydroxylation is 6. The van der Waals surface area contributed by atoms with E-state index in [9.17, 15) is 0 Å². The number of nitrogens with zero attached hydrogens (tertiary/aromatic N) is 2. The number of anilines is 6. The maximum atomic E-state index is 7.64. The Hall–Kier alpha value is -5.88. The van der Waals surface area contributed by atoms with Gasteiger partial charge in [-0.1, -0.05) is 0 Å². The van der Waals surface area contributed by atoms with Gasteiger partial charge in [0.2, 0.25) is 0 Å². The summed E-state index contributed by atoms with van der Waals surface area (Å²) in [5, 5.41) is 3.85. The zero-order valence-electron chi connectivity index (χ0n) is 39.2. The van der Waals surface area contributed by atoms with Crippen molar-refractivity contribution in [2.24, 2.45) is 0 Å². The van der Waals surface area contributed by atoms with Gasteiger partial charge in [-0.15, -0.1) is 0 Å². The summed E-state index contributed by atoms with van der Waals surface area (Å²) < 4.78 is 19.4. The summed E-state index contributed by atoms with van der Waals surface area (Å²) >= 11 is -2.43. The van der Waals surface area contributed by atoms with Crippen molar-refractivity contribution in [1.82, 2.24) is 0 Å². The van der Waals surface area contributed by atoms with Crippen LogP contribution in [0.5, 0.6) is 23.0 Å². The van der Waals surface area contributed by atoms with E-state index in [2.05, 4.69) is 212 Å². The van der Waals surface area contributed by atoms with E-state index >= 15 is 0 Å². The summed E-state index contributed by atoms with van der Waals surface area (Å²) in [7, 11) is -1.17. The molecule has 0 aliphatic carbocycles. The van der Waals surface area contributed by atoms with Gasteiger partial charge < -0.3 is 0 Å². The fourth-order valence-electron chi connectivity index (χ4n) is 11.3. The quantitative estimate of drug-likeness (QED) is 0.122. The van der Waals surface area contributed by atoms with Gasteiger partial charge in [-0.25, -0.2) is 0 Å². The molecule has 0 fully saturated rings. The van der Waals surface area contributed by atoms with Gasteiger partial charge in [0.25, 0.3) is 0 Å². The van der Waals surface area contributed by atoms with Crippen molar-refractivity contribution in [2.75, 3.05) is 9.80 Å². The van der Waals surface area contributed by atoms with Crippen molar-refractivity contribution in [1.29, 1.82) is 0 Å². The predicted octanol–water partition coefficient (Wildman–Crippen LogP) is 15.5. The van der Waals surface area contributed by atoms with Gasteiger partial charge in [0.1, 0.15) is 0 Å². The monoisotopic (exact) mass is 990 g/mol. The Balaban J connectivity index is 1.21. The second-order valence-electron chi connectivity index (χ2n) is 20.2. The molecule has 326 valence electrons. The van der Waals surface area contributed by atoms with Crippen LogP contribution in [0.3, 0.4) is 0 Å². The number of hydrogen-bond donors (Lipinski definition) is 0. The Morgan fingerprint density at radius 3 is 1.35 bits per heavy atom. The fourth-order valence-corrected chi connectivity index (χ4v) is 20.2. The van der Waals surface area contributed by atoms with E-state index in [1.165, 1.54) is 93.8 Å². The van der Waals surface area contributed by atoms with Crippen molar-refractivity contribution in [3.63, 3.8) is 0 Å². The number of halogens is 1. The fraction of sp³-hybridized carbons (Fsp3) is 0.200. The van der Waals surface area contributed by atoms with Gasteiger partial charge in [-0.3, -0.25) is 0 Å². The van der Waals surface area contributed by atoms with Gasteiger partial charge in [-0.2, -0.15) is 0 Å². The molecule has 5 heterocycles. The third-order valence-electron chi connectivity index (χ3n) is 14.8. The molecule has 0 saturated carbocycles.